The molecule has 4 nitrogen and oxygen atoms in total. The second-order valence-electron chi connectivity index (χ2n) is 4.49. The maximum atomic E-state index is 12.0. The lowest BCUT2D eigenvalue weighted by atomic mass is 10.3. The standard InChI is InChI=1S/C14H22N2O2S2/c1-3-4-5-10-16(2)20(17,18)12-11-19-14-8-6-13(15)7-9-14/h3,6-9H,1,4-5,10-12,15H2,2H3. The Labute approximate surface area is 126 Å². The number of unbranched alkanes of at least 4 members (excludes halogenated alkanes) is 1. The molecule has 0 radical (unpaired) electrons. The minimum Gasteiger partial charge on any atom is -0.399 e. The average Bonchev–Trinajstić information content (AvgIpc) is 2.41. The molecule has 0 atom stereocenters. The van der Waals surface area contributed by atoms with Crippen LogP contribution in [0, 0.1) is 0 Å². The molecule has 0 aliphatic heterocycles. The predicted molar refractivity (Wildman–Crippen MR) is 87.4 cm³/mol. The Morgan fingerprint density at radius 1 is 1.35 bits per heavy atom. The number of sulfonamides is 1. The van der Waals surface area contributed by atoms with Crippen LogP contribution in [0.2, 0.25) is 0 Å². The van der Waals surface area contributed by atoms with Crippen LogP contribution in [-0.2, 0) is 10.0 Å². The zero-order valence-corrected chi connectivity index (χ0v) is 13.4. The lowest BCUT2D eigenvalue weighted by Gasteiger charge is -2.16. The maximum absolute atomic E-state index is 12.0. The summed E-state index contributed by atoms with van der Waals surface area (Å²) in [5.74, 6) is 0.685. The van der Waals surface area contributed by atoms with Crippen LogP contribution in [0.1, 0.15) is 12.8 Å². The number of hydrogen-bond donors (Lipinski definition) is 1. The lowest BCUT2D eigenvalue weighted by molar-refractivity contribution is 0.464. The van der Waals surface area contributed by atoms with Gasteiger partial charge in [0, 0.05) is 29.9 Å². The van der Waals surface area contributed by atoms with E-state index in [-0.39, 0.29) is 5.75 Å². The highest BCUT2D eigenvalue weighted by Crippen LogP contribution is 2.19. The van der Waals surface area contributed by atoms with Gasteiger partial charge < -0.3 is 5.73 Å². The van der Waals surface area contributed by atoms with Gasteiger partial charge in [-0.3, -0.25) is 0 Å². The zero-order valence-electron chi connectivity index (χ0n) is 11.8. The van der Waals surface area contributed by atoms with Crippen LogP contribution < -0.4 is 5.73 Å². The molecule has 0 saturated carbocycles. The van der Waals surface area contributed by atoms with Gasteiger partial charge in [0.25, 0.3) is 0 Å². The van der Waals surface area contributed by atoms with E-state index < -0.39 is 10.0 Å². The van der Waals surface area contributed by atoms with Crippen LogP contribution in [0.4, 0.5) is 5.69 Å². The van der Waals surface area contributed by atoms with Gasteiger partial charge >= 0.3 is 0 Å². The molecular weight excluding hydrogens is 292 g/mol. The first kappa shape index (κ1) is 17.1. The van der Waals surface area contributed by atoms with Crippen molar-refractivity contribution in [3.05, 3.63) is 36.9 Å². The number of benzene rings is 1. The van der Waals surface area contributed by atoms with Crippen LogP contribution in [0.3, 0.4) is 0 Å². The Hall–Kier alpha value is -0.980. The Bertz CT molecular complexity index is 512. The van der Waals surface area contributed by atoms with Gasteiger partial charge in [-0.2, -0.15) is 0 Å². The summed E-state index contributed by atoms with van der Waals surface area (Å²) in [5, 5.41) is 0. The summed E-state index contributed by atoms with van der Waals surface area (Å²) in [6.45, 7) is 4.17. The molecule has 0 amide bonds. The van der Waals surface area contributed by atoms with Gasteiger partial charge in [-0.25, -0.2) is 12.7 Å². The van der Waals surface area contributed by atoms with Gasteiger partial charge in [0.05, 0.1) is 5.75 Å². The third kappa shape index (κ3) is 5.98. The summed E-state index contributed by atoms with van der Waals surface area (Å²) in [7, 11) is -1.53. The van der Waals surface area contributed by atoms with Crippen molar-refractivity contribution < 1.29 is 8.42 Å². The largest absolute Gasteiger partial charge is 0.399 e. The number of hydrogen-bond acceptors (Lipinski definition) is 4. The summed E-state index contributed by atoms with van der Waals surface area (Å²) < 4.78 is 25.5. The molecule has 0 fully saturated rings. The molecule has 6 heteroatoms. The van der Waals surface area contributed by atoms with Gasteiger partial charge in [0.1, 0.15) is 0 Å². The number of nitrogens with zero attached hydrogens (tertiary/aromatic N) is 1. The van der Waals surface area contributed by atoms with Gasteiger partial charge in [0.15, 0.2) is 0 Å². The fourth-order valence-electron chi connectivity index (χ4n) is 1.58. The van der Waals surface area contributed by atoms with Gasteiger partial charge in [-0.05, 0) is 37.1 Å². The number of allylic oxidation sites excluding steroid dienone is 1. The van der Waals surface area contributed by atoms with E-state index in [1.165, 1.54) is 16.1 Å². The highest BCUT2D eigenvalue weighted by molar-refractivity contribution is 8.00. The van der Waals surface area contributed by atoms with Gasteiger partial charge in [-0.1, -0.05) is 6.08 Å². The number of thioether (sulfide) groups is 1. The molecule has 0 saturated heterocycles. The van der Waals surface area contributed by atoms with Crippen molar-refractivity contribution in [3.8, 4) is 0 Å². The smallest absolute Gasteiger partial charge is 0.214 e. The van der Waals surface area contributed by atoms with E-state index in [0.717, 1.165) is 17.7 Å². The number of nitrogen functional groups attached to an aromatic ring is 1. The number of anilines is 1. The van der Waals surface area contributed by atoms with E-state index in [1.54, 1.807) is 13.1 Å². The molecule has 0 aromatic heterocycles. The molecule has 1 aromatic carbocycles. The van der Waals surface area contributed by atoms with Crippen LogP contribution in [0.25, 0.3) is 0 Å². The average molecular weight is 314 g/mol. The fraction of sp³-hybridized carbons (Fsp3) is 0.429. The molecule has 2 N–H and O–H groups in total. The molecule has 0 heterocycles. The molecule has 1 rings (SSSR count). The van der Waals surface area contributed by atoms with E-state index in [1.807, 2.05) is 24.3 Å². The third-order valence-electron chi connectivity index (χ3n) is 2.85. The molecule has 0 spiro atoms. The first-order chi connectivity index (χ1) is 9.45. The van der Waals surface area contributed by atoms with Crippen molar-refractivity contribution in [2.45, 2.75) is 17.7 Å². The number of nitrogens with two attached hydrogens (primary N) is 1. The summed E-state index contributed by atoms with van der Waals surface area (Å²) in [5.41, 5.74) is 6.32. The first-order valence-electron chi connectivity index (χ1n) is 6.49. The zero-order chi connectivity index (χ0) is 15.0. The highest BCUT2D eigenvalue weighted by atomic mass is 32.2. The minimum atomic E-state index is -3.17. The first-order valence-corrected chi connectivity index (χ1v) is 9.08. The summed E-state index contributed by atoms with van der Waals surface area (Å²) in [6, 6.07) is 7.44. The van der Waals surface area contributed by atoms with Gasteiger partial charge in [0.2, 0.25) is 10.0 Å². The SMILES string of the molecule is C=CCCCN(C)S(=O)(=O)CCSc1ccc(N)cc1. The van der Waals surface area contributed by atoms with E-state index >= 15 is 0 Å². The number of rotatable bonds is 9. The van der Waals surface area contributed by atoms with Crippen LogP contribution in [0.5, 0.6) is 0 Å². The Kier molecular flexibility index (Phi) is 7.12. The fourth-order valence-corrected chi connectivity index (χ4v) is 4.04. The van der Waals surface area contributed by atoms with Crippen LogP contribution in [-0.4, -0.2) is 37.8 Å². The molecule has 112 valence electrons. The van der Waals surface area contributed by atoms with Crippen LogP contribution >= 0.6 is 11.8 Å². The molecule has 0 bridgehead atoms. The van der Waals surface area contributed by atoms with E-state index in [4.69, 9.17) is 5.73 Å². The summed E-state index contributed by atoms with van der Waals surface area (Å²) in [6.07, 6.45) is 3.45. The monoisotopic (exact) mass is 314 g/mol. The maximum Gasteiger partial charge on any atom is 0.214 e. The third-order valence-corrected chi connectivity index (χ3v) is 5.97. The predicted octanol–water partition coefficient (Wildman–Crippen LogP) is 2.59. The summed E-state index contributed by atoms with van der Waals surface area (Å²) >= 11 is 1.52. The van der Waals surface area contributed by atoms with Crippen molar-refractivity contribution in [1.29, 1.82) is 0 Å². The second kappa shape index (κ2) is 8.34. The molecule has 0 aliphatic rings. The molecule has 0 aliphatic carbocycles. The molecule has 1 aromatic rings. The lowest BCUT2D eigenvalue weighted by Crippen LogP contribution is -2.30. The van der Waals surface area contributed by atoms with Crippen molar-refractivity contribution in [1.82, 2.24) is 4.31 Å². The Balaban J connectivity index is 2.38. The van der Waals surface area contributed by atoms with Crippen molar-refractivity contribution >= 4 is 27.5 Å². The minimum absolute atomic E-state index is 0.145. The second-order valence-corrected chi connectivity index (χ2v) is 7.85. The Morgan fingerprint density at radius 3 is 2.60 bits per heavy atom. The van der Waals surface area contributed by atoms with E-state index in [2.05, 4.69) is 6.58 Å². The van der Waals surface area contributed by atoms with Crippen LogP contribution in [0.15, 0.2) is 41.8 Å². The van der Waals surface area contributed by atoms with Crippen molar-refractivity contribution in [2.24, 2.45) is 0 Å². The normalized spacial score (nSPS) is 11.7. The summed E-state index contributed by atoms with van der Waals surface area (Å²) in [4.78, 5) is 1.03. The topological polar surface area (TPSA) is 63.4 Å². The molecule has 0 unspecified atom stereocenters. The quantitative estimate of drug-likeness (QED) is 0.329. The molecule has 20 heavy (non-hydrogen) atoms. The Morgan fingerprint density at radius 2 is 2.00 bits per heavy atom. The molecular formula is C14H22N2O2S2. The van der Waals surface area contributed by atoms with Gasteiger partial charge in [-0.15, -0.1) is 18.3 Å². The van der Waals surface area contributed by atoms with Crippen molar-refractivity contribution in [3.63, 3.8) is 0 Å². The van der Waals surface area contributed by atoms with E-state index in [9.17, 15) is 8.42 Å². The van der Waals surface area contributed by atoms with E-state index in [0.29, 0.717) is 18.0 Å². The highest BCUT2D eigenvalue weighted by Gasteiger charge is 2.16. The van der Waals surface area contributed by atoms with Crippen molar-refractivity contribution in [2.75, 3.05) is 30.8 Å².